The molecule has 146 valence electrons. The largest absolute Gasteiger partial charge is 0.452 e. The van der Waals surface area contributed by atoms with Crippen molar-refractivity contribution in [2.45, 2.75) is 17.7 Å². The number of ether oxygens (including phenoxy) is 1. The second kappa shape index (κ2) is 9.94. The molecule has 1 aliphatic rings. The normalized spacial score (nSPS) is 13.4. The predicted molar refractivity (Wildman–Crippen MR) is 108 cm³/mol. The molecule has 0 unspecified atom stereocenters. The maximum atomic E-state index is 12.2. The van der Waals surface area contributed by atoms with Crippen molar-refractivity contribution in [3.63, 3.8) is 0 Å². The third kappa shape index (κ3) is 5.60. The molecule has 1 N–H and O–H groups in total. The molecule has 0 bridgehead atoms. The second-order valence-corrected chi connectivity index (χ2v) is 7.46. The molecule has 3 rings (SSSR count). The number of carbonyl (C=O) groups excluding carboxylic acids is 3. The summed E-state index contributed by atoms with van der Waals surface area (Å²) in [5.41, 5.74) is 1.00. The summed E-state index contributed by atoms with van der Waals surface area (Å²) in [7, 11) is 0. The third-order valence-electron chi connectivity index (χ3n) is 4.24. The van der Waals surface area contributed by atoms with E-state index in [1.54, 1.807) is 40.9 Å². The first-order valence-corrected chi connectivity index (χ1v) is 10.1. The van der Waals surface area contributed by atoms with Gasteiger partial charge in [-0.05, 0) is 36.8 Å². The van der Waals surface area contributed by atoms with Crippen LogP contribution in [0.3, 0.4) is 0 Å². The summed E-state index contributed by atoms with van der Waals surface area (Å²) in [4.78, 5) is 38.7. The van der Waals surface area contributed by atoms with Crippen LogP contribution in [-0.4, -0.2) is 43.2 Å². The lowest BCUT2D eigenvalue weighted by molar-refractivity contribution is -0.124. The number of thioether (sulfide) groups is 1. The van der Waals surface area contributed by atoms with Crippen molar-refractivity contribution < 1.29 is 19.1 Å². The number of hydrogen-bond donors (Lipinski definition) is 1. The van der Waals surface area contributed by atoms with Crippen LogP contribution in [0.15, 0.2) is 59.5 Å². The van der Waals surface area contributed by atoms with E-state index in [0.717, 1.165) is 17.1 Å². The molecule has 0 radical (unpaired) electrons. The van der Waals surface area contributed by atoms with Crippen LogP contribution in [-0.2, 0) is 14.3 Å². The molecule has 1 aliphatic heterocycles. The molecule has 0 saturated carbocycles. The Morgan fingerprint density at radius 3 is 2.68 bits per heavy atom. The highest BCUT2D eigenvalue weighted by Crippen LogP contribution is 2.22. The van der Waals surface area contributed by atoms with E-state index in [1.165, 1.54) is 0 Å². The Labute approximate surface area is 168 Å². The molecule has 0 spiro atoms. The van der Waals surface area contributed by atoms with Crippen LogP contribution in [0.4, 0.5) is 5.69 Å². The van der Waals surface area contributed by atoms with Gasteiger partial charge in [-0.25, -0.2) is 4.79 Å². The van der Waals surface area contributed by atoms with Gasteiger partial charge >= 0.3 is 5.97 Å². The van der Waals surface area contributed by atoms with Gasteiger partial charge in [0.1, 0.15) is 0 Å². The molecule has 7 heteroatoms. The topological polar surface area (TPSA) is 75.7 Å². The van der Waals surface area contributed by atoms with E-state index in [0.29, 0.717) is 30.8 Å². The van der Waals surface area contributed by atoms with Crippen LogP contribution >= 0.6 is 11.8 Å². The Hall–Kier alpha value is -2.80. The fraction of sp³-hybridized carbons (Fsp3) is 0.286. The van der Waals surface area contributed by atoms with Gasteiger partial charge in [0.2, 0.25) is 5.91 Å². The van der Waals surface area contributed by atoms with Crippen molar-refractivity contribution in [2.75, 3.05) is 30.3 Å². The summed E-state index contributed by atoms with van der Waals surface area (Å²) in [5, 5.41) is 2.73. The lowest BCUT2D eigenvalue weighted by atomic mass is 10.2. The van der Waals surface area contributed by atoms with E-state index >= 15 is 0 Å². The number of carbonyl (C=O) groups is 3. The quantitative estimate of drug-likeness (QED) is 0.420. The minimum atomic E-state index is -0.581. The van der Waals surface area contributed by atoms with Gasteiger partial charge in [0, 0.05) is 35.8 Å². The smallest absolute Gasteiger partial charge is 0.338 e. The zero-order chi connectivity index (χ0) is 19.8. The Bertz CT molecular complexity index is 841. The molecule has 1 heterocycles. The number of anilines is 1. The van der Waals surface area contributed by atoms with Gasteiger partial charge in [-0.1, -0.05) is 24.3 Å². The number of nitrogens with one attached hydrogen (secondary N) is 1. The number of hydrogen-bond acceptors (Lipinski definition) is 5. The Balaban J connectivity index is 1.41. The van der Waals surface area contributed by atoms with Crippen molar-refractivity contribution in [1.29, 1.82) is 0 Å². The maximum absolute atomic E-state index is 12.2. The lowest BCUT2D eigenvalue weighted by Gasteiger charge is -2.16. The van der Waals surface area contributed by atoms with Crippen LogP contribution in [0.5, 0.6) is 0 Å². The van der Waals surface area contributed by atoms with E-state index in [2.05, 4.69) is 5.32 Å². The Morgan fingerprint density at radius 2 is 1.93 bits per heavy atom. The first-order chi connectivity index (χ1) is 13.6. The van der Waals surface area contributed by atoms with Crippen molar-refractivity contribution >= 4 is 35.2 Å². The monoisotopic (exact) mass is 398 g/mol. The van der Waals surface area contributed by atoms with E-state index in [1.807, 2.05) is 30.3 Å². The molecule has 0 atom stereocenters. The SMILES string of the molecule is O=C(COC(=O)c1cccc(N2CCCC2=O)c1)NCCSc1ccccc1. The van der Waals surface area contributed by atoms with Gasteiger partial charge in [0.25, 0.3) is 5.91 Å². The van der Waals surface area contributed by atoms with Crippen LogP contribution in [0.1, 0.15) is 23.2 Å². The Kier molecular flexibility index (Phi) is 7.08. The summed E-state index contributed by atoms with van der Waals surface area (Å²) in [6.07, 6.45) is 1.34. The van der Waals surface area contributed by atoms with Gasteiger partial charge in [-0.2, -0.15) is 0 Å². The van der Waals surface area contributed by atoms with Gasteiger partial charge in [0.05, 0.1) is 5.56 Å². The highest BCUT2D eigenvalue weighted by atomic mass is 32.2. The molecule has 2 aromatic carbocycles. The molecule has 2 aromatic rings. The van der Waals surface area contributed by atoms with E-state index in [4.69, 9.17) is 4.74 Å². The molecule has 1 saturated heterocycles. The molecule has 6 nitrogen and oxygen atoms in total. The number of nitrogens with zero attached hydrogens (tertiary/aromatic N) is 1. The molecule has 28 heavy (non-hydrogen) atoms. The van der Waals surface area contributed by atoms with E-state index in [9.17, 15) is 14.4 Å². The van der Waals surface area contributed by atoms with E-state index < -0.39 is 5.97 Å². The average Bonchev–Trinajstić information content (AvgIpc) is 3.16. The Morgan fingerprint density at radius 1 is 1.11 bits per heavy atom. The molecule has 0 aromatic heterocycles. The van der Waals surface area contributed by atoms with Crippen LogP contribution in [0.2, 0.25) is 0 Å². The minimum Gasteiger partial charge on any atom is -0.452 e. The van der Waals surface area contributed by atoms with Crippen molar-refractivity contribution in [3.8, 4) is 0 Å². The second-order valence-electron chi connectivity index (χ2n) is 6.29. The molecule has 2 amide bonds. The van der Waals surface area contributed by atoms with Gasteiger partial charge in [-0.15, -0.1) is 11.8 Å². The van der Waals surface area contributed by atoms with Gasteiger partial charge in [0.15, 0.2) is 6.61 Å². The summed E-state index contributed by atoms with van der Waals surface area (Å²) in [6.45, 7) is 0.810. The first kappa shape index (κ1) is 19.9. The minimum absolute atomic E-state index is 0.0540. The van der Waals surface area contributed by atoms with Crippen molar-refractivity contribution in [3.05, 3.63) is 60.2 Å². The summed E-state index contributed by atoms with van der Waals surface area (Å²) >= 11 is 1.64. The lowest BCUT2D eigenvalue weighted by Crippen LogP contribution is -2.30. The zero-order valence-electron chi connectivity index (χ0n) is 15.4. The number of rotatable bonds is 8. The molecule has 0 aliphatic carbocycles. The molecule has 1 fully saturated rings. The van der Waals surface area contributed by atoms with E-state index in [-0.39, 0.29) is 18.4 Å². The standard InChI is InChI=1S/C21H22N2O4S/c24-19(22-11-13-28-18-8-2-1-3-9-18)15-27-21(26)16-6-4-7-17(14-16)23-12-5-10-20(23)25/h1-4,6-9,14H,5,10-13,15H2,(H,22,24). The van der Waals surface area contributed by atoms with Crippen molar-refractivity contribution in [1.82, 2.24) is 5.32 Å². The highest BCUT2D eigenvalue weighted by Gasteiger charge is 2.22. The zero-order valence-corrected chi connectivity index (χ0v) is 16.2. The van der Waals surface area contributed by atoms with Crippen LogP contribution < -0.4 is 10.2 Å². The average molecular weight is 398 g/mol. The van der Waals surface area contributed by atoms with Gasteiger partial charge in [-0.3, -0.25) is 9.59 Å². The first-order valence-electron chi connectivity index (χ1n) is 9.15. The van der Waals surface area contributed by atoms with Crippen molar-refractivity contribution in [2.24, 2.45) is 0 Å². The van der Waals surface area contributed by atoms with Crippen LogP contribution in [0.25, 0.3) is 0 Å². The van der Waals surface area contributed by atoms with Gasteiger partial charge < -0.3 is 15.0 Å². The number of amides is 2. The predicted octanol–water partition coefficient (Wildman–Crippen LogP) is 2.88. The fourth-order valence-electron chi connectivity index (χ4n) is 2.86. The number of esters is 1. The fourth-order valence-corrected chi connectivity index (χ4v) is 3.65. The molecular formula is C21H22N2O4S. The summed E-state index contributed by atoms with van der Waals surface area (Å²) in [6, 6.07) is 16.6. The number of benzene rings is 2. The molecular weight excluding hydrogens is 376 g/mol. The summed E-state index contributed by atoms with van der Waals surface area (Å²) in [5.74, 6) is -0.135. The van der Waals surface area contributed by atoms with Crippen LogP contribution in [0, 0.1) is 0 Å². The highest BCUT2D eigenvalue weighted by molar-refractivity contribution is 7.99. The third-order valence-corrected chi connectivity index (χ3v) is 5.25. The summed E-state index contributed by atoms with van der Waals surface area (Å²) < 4.78 is 5.09. The maximum Gasteiger partial charge on any atom is 0.338 e.